The SMILES string of the molecule is CCN1CCOc2ccccc2C(=O)N[C@@H](CC(=O)N2CCC(O)CC2)C(=O)N[C@@H](C(C)C)C1=O. The van der Waals surface area contributed by atoms with Crippen molar-refractivity contribution in [3.05, 3.63) is 29.8 Å². The topological polar surface area (TPSA) is 128 Å². The highest BCUT2D eigenvalue weighted by molar-refractivity contribution is 6.01. The summed E-state index contributed by atoms with van der Waals surface area (Å²) in [6.07, 6.45) is 0.239. The Labute approximate surface area is 206 Å². The summed E-state index contributed by atoms with van der Waals surface area (Å²) in [5, 5.41) is 15.2. The number of aliphatic hydroxyl groups excluding tert-OH is 1. The molecule has 4 amide bonds. The van der Waals surface area contributed by atoms with E-state index in [1.807, 2.05) is 20.8 Å². The Balaban J connectivity index is 1.90. The molecule has 1 saturated heterocycles. The molecule has 0 radical (unpaired) electrons. The number of aliphatic hydroxyl groups is 1. The van der Waals surface area contributed by atoms with Crippen molar-refractivity contribution in [2.45, 2.75) is 58.2 Å². The fourth-order valence-corrected chi connectivity index (χ4v) is 4.30. The van der Waals surface area contributed by atoms with Crippen LogP contribution in [0.15, 0.2) is 24.3 Å². The number of piperidine rings is 1. The smallest absolute Gasteiger partial charge is 0.255 e. The summed E-state index contributed by atoms with van der Waals surface area (Å²) in [5.41, 5.74) is 0.243. The van der Waals surface area contributed by atoms with Gasteiger partial charge in [-0.1, -0.05) is 26.0 Å². The maximum Gasteiger partial charge on any atom is 0.255 e. The van der Waals surface area contributed by atoms with Gasteiger partial charge in [0.05, 0.1) is 24.6 Å². The number of nitrogens with zero attached hydrogens (tertiary/aromatic N) is 2. The number of benzene rings is 1. The molecular formula is C25H36N4O6. The second kappa shape index (κ2) is 12.0. The summed E-state index contributed by atoms with van der Waals surface area (Å²) in [5.74, 6) is -1.55. The quantitative estimate of drug-likeness (QED) is 0.568. The average molecular weight is 489 g/mol. The molecule has 0 spiro atoms. The zero-order chi connectivity index (χ0) is 25.5. The summed E-state index contributed by atoms with van der Waals surface area (Å²) in [4.78, 5) is 56.0. The van der Waals surface area contributed by atoms with Gasteiger partial charge in [-0.3, -0.25) is 19.2 Å². The predicted octanol–water partition coefficient (Wildman–Crippen LogP) is 0.540. The number of carbonyl (C=O) groups is 4. The number of rotatable bonds is 4. The average Bonchev–Trinajstić information content (AvgIpc) is 2.84. The maximum absolute atomic E-state index is 13.4. The van der Waals surface area contributed by atoms with Crippen LogP contribution in [0.5, 0.6) is 5.75 Å². The number of hydrogen-bond acceptors (Lipinski definition) is 6. The third kappa shape index (κ3) is 6.72. The highest BCUT2D eigenvalue weighted by atomic mass is 16.5. The molecular weight excluding hydrogens is 452 g/mol. The zero-order valence-corrected chi connectivity index (χ0v) is 20.7. The van der Waals surface area contributed by atoms with Crippen LogP contribution in [-0.4, -0.2) is 89.5 Å². The fourth-order valence-electron chi connectivity index (χ4n) is 4.30. The minimum atomic E-state index is -1.18. The van der Waals surface area contributed by atoms with Crippen LogP contribution in [0.1, 0.15) is 50.4 Å². The van der Waals surface area contributed by atoms with E-state index < -0.39 is 30.0 Å². The number of hydrogen-bond donors (Lipinski definition) is 3. The van der Waals surface area contributed by atoms with E-state index in [-0.39, 0.29) is 36.3 Å². The highest BCUT2D eigenvalue weighted by Gasteiger charge is 2.34. The van der Waals surface area contributed by atoms with Gasteiger partial charge < -0.3 is 30.3 Å². The van der Waals surface area contributed by atoms with Gasteiger partial charge in [0.2, 0.25) is 17.7 Å². The van der Waals surface area contributed by atoms with E-state index in [4.69, 9.17) is 4.74 Å². The molecule has 192 valence electrons. The zero-order valence-electron chi connectivity index (χ0n) is 20.7. The Morgan fingerprint density at radius 2 is 1.80 bits per heavy atom. The molecule has 2 heterocycles. The van der Waals surface area contributed by atoms with Crippen molar-refractivity contribution in [3.8, 4) is 5.75 Å². The number of likely N-dealkylation sites (N-methyl/N-ethyl adjacent to an activating group) is 1. The van der Waals surface area contributed by atoms with E-state index >= 15 is 0 Å². The van der Waals surface area contributed by atoms with E-state index in [2.05, 4.69) is 10.6 Å². The van der Waals surface area contributed by atoms with E-state index in [0.29, 0.717) is 44.8 Å². The molecule has 2 aliphatic rings. The van der Waals surface area contributed by atoms with E-state index in [9.17, 15) is 24.3 Å². The third-order valence-electron chi connectivity index (χ3n) is 6.49. The van der Waals surface area contributed by atoms with Gasteiger partial charge in [0.15, 0.2) is 0 Å². The minimum absolute atomic E-state index is 0.186. The molecule has 1 fully saturated rings. The first kappa shape index (κ1) is 26.5. The van der Waals surface area contributed by atoms with Gasteiger partial charge >= 0.3 is 0 Å². The van der Waals surface area contributed by atoms with E-state index in [1.54, 1.807) is 34.1 Å². The molecule has 0 bridgehead atoms. The number of amides is 4. The number of para-hydroxylation sites is 1. The Kier molecular flexibility index (Phi) is 9.08. The standard InChI is InChI=1S/C25H36N4O6/c1-4-28-13-14-35-20-8-6-5-7-18(20)23(32)26-19(24(33)27-22(16(2)3)25(28)34)15-21(31)29-11-9-17(30)10-12-29/h5-8,16-17,19,22,30H,4,9-15H2,1-3H3,(H,26,32)(H,27,33)/t19-,22-/m0/s1. The molecule has 3 rings (SSSR count). The van der Waals surface area contributed by atoms with Crippen molar-refractivity contribution < 1.29 is 29.0 Å². The molecule has 35 heavy (non-hydrogen) atoms. The van der Waals surface area contributed by atoms with Gasteiger partial charge in [-0.05, 0) is 37.8 Å². The molecule has 10 nitrogen and oxygen atoms in total. The van der Waals surface area contributed by atoms with Gasteiger partial charge in [-0.2, -0.15) is 0 Å². The number of ether oxygens (including phenoxy) is 1. The van der Waals surface area contributed by atoms with Crippen LogP contribution in [0.2, 0.25) is 0 Å². The Bertz CT molecular complexity index is 928. The van der Waals surface area contributed by atoms with Gasteiger partial charge in [-0.25, -0.2) is 0 Å². The molecule has 0 aliphatic carbocycles. The van der Waals surface area contributed by atoms with Crippen LogP contribution in [0, 0.1) is 5.92 Å². The number of nitrogens with one attached hydrogen (secondary N) is 2. The fraction of sp³-hybridized carbons (Fsp3) is 0.600. The summed E-state index contributed by atoms with van der Waals surface area (Å²) >= 11 is 0. The van der Waals surface area contributed by atoms with Crippen LogP contribution >= 0.6 is 0 Å². The van der Waals surface area contributed by atoms with Crippen molar-refractivity contribution >= 4 is 23.6 Å². The third-order valence-corrected chi connectivity index (χ3v) is 6.49. The molecule has 2 atom stereocenters. The summed E-state index contributed by atoms with van der Waals surface area (Å²) in [7, 11) is 0. The molecule has 1 aromatic rings. The van der Waals surface area contributed by atoms with Gasteiger partial charge in [0.25, 0.3) is 5.91 Å². The lowest BCUT2D eigenvalue weighted by molar-refractivity contribution is -0.139. The molecule has 2 aliphatic heterocycles. The number of carbonyl (C=O) groups excluding carboxylic acids is 4. The van der Waals surface area contributed by atoms with Gasteiger partial charge in [-0.15, -0.1) is 0 Å². The lowest BCUT2D eigenvalue weighted by Crippen LogP contribution is -2.57. The number of fused-ring (bicyclic) bond motifs is 1. The second-order valence-corrected chi connectivity index (χ2v) is 9.33. The normalized spacial score (nSPS) is 22.8. The lowest BCUT2D eigenvalue weighted by atomic mass is 10.0. The summed E-state index contributed by atoms with van der Waals surface area (Å²) in [6, 6.07) is 4.68. The Morgan fingerprint density at radius 1 is 1.11 bits per heavy atom. The van der Waals surface area contributed by atoms with Crippen molar-refractivity contribution in [2.75, 3.05) is 32.8 Å². The molecule has 0 unspecified atom stereocenters. The molecule has 10 heteroatoms. The first-order valence-corrected chi connectivity index (χ1v) is 12.3. The Morgan fingerprint density at radius 3 is 2.46 bits per heavy atom. The molecule has 0 aromatic heterocycles. The van der Waals surface area contributed by atoms with Crippen LogP contribution in [0.3, 0.4) is 0 Å². The van der Waals surface area contributed by atoms with Crippen LogP contribution in [0.4, 0.5) is 0 Å². The maximum atomic E-state index is 13.4. The van der Waals surface area contributed by atoms with E-state index in [1.165, 1.54) is 0 Å². The predicted molar refractivity (Wildman–Crippen MR) is 129 cm³/mol. The second-order valence-electron chi connectivity index (χ2n) is 9.33. The Hall–Kier alpha value is -3.14. The molecule has 0 saturated carbocycles. The van der Waals surface area contributed by atoms with Crippen molar-refractivity contribution in [3.63, 3.8) is 0 Å². The first-order valence-electron chi connectivity index (χ1n) is 12.3. The van der Waals surface area contributed by atoms with Crippen LogP contribution < -0.4 is 15.4 Å². The van der Waals surface area contributed by atoms with Crippen LogP contribution in [0.25, 0.3) is 0 Å². The van der Waals surface area contributed by atoms with Crippen molar-refractivity contribution in [1.29, 1.82) is 0 Å². The minimum Gasteiger partial charge on any atom is -0.491 e. The largest absolute Gasteiger partial charge is 0.491 e. The van der Waals surface area contributed by atoms with Gasteiger partial charge in [0, 0.05) is 19.6 Å². The van der Waals surface area contributed by atoms with Crippen molar-refractivity contribution in [1.82, 2.24) is 20.4 Å². The monoisotopic (exact) mass is 488 g/mol. The van der Waals surface area contributed by atoms with E-state index in [0.717, 1.165) is 0 Å². The summed E-state index contributed by atoms with van der Waals surface area (Å²) in [6.45, 7) is 7.21. The number of likely N-dealkylation sites (tertiary alicyclic amines) is 1. The highest BCUT2D eigenvalue weighted by Crippen LogP contribution is 2.20. The molecule has 1 aromatic carbocycles. The van der Waals surface area contributed by atoms with Gasteiger partial charge in [0.1, 0.15) is 24.4 Å². The summed E-state index contributed by atoms with van der Waals surface area (Å²) < 4.78 is 5.84. The first-order chi connectivity index (χ1) is 16.7. The van der Waals surface area contributed by atoms with Crippen molar-refractivity contribution in [2.24, 2.45) is 5.92 Å². The van der Waals surface area contributed by atoms with Crippen LogP contribution in [-0.2, 0) is 14.4 Å². The molecule has 3 N–H and O–H groups in total. The lowest BCUT2D eigenvalue weighted by Gasteiger charge is -2.32.